The predicted octanol–water partition coefficient (Wildman–Crippen LogP) is 4.20. The highest BCUT2D eigenvalue weighted by Gasteiger charge is 2.42. The molecule has 5 nitrogen and oxygen atoms in total. The van der Waals surface area contributed by atoms with Gasteiger partial charge in [0.1, 0.15) is 5.58 Å². The van der Waals surface area contributed by atoms with E-state index in [1.165, 1.54) is 0 Å². The van der Waals surface area contributed by atoms with Gasteiger partial charge in [0.2, 0.25) is 5.76 Å². The summed E-state index contributed by atoms with van der Waals surface area (Å²) in [5, 5.41) is 1.09. The summed E-state index contributed by atoms with van der Waals surface area (Å²) in [4.78, 5) is 28.1. The average Bonchev–Trinajstić information content (AvgIpc) is 2.99. The molecule has 1 unspecified atom stereocenters. The molecule has 1 aromatic heterocycles. The Kier molecular flexibility index (Phi) is 4.96. The van der Waals surface area contributed by atoms with Gasteiger partial charge in [0.15, 0.2) is 5.43 Å². The van der Waals surface area contributed by atoms with Gasteiger partial charge in [-0.2, -0.15) is 0 Å². The van der Waals surface area contributed by atoms with E-state index in [0.29, 0.717) is 34.7 Å². The molecule has 6 heteroatoms. The Balaban J connectivity index is 1.96. The van der Waals surface area contributed by atoms with E-state index in [4.69, 9.17) is 20.8 Å². The van der Waals surface area contributed by atoms with Gasteiger partial charge in [0.05, 0.1) is 23.6 Å². The molecule has 4 rings (SSSR count). The number of rotatable bonds is 5. The fourth-order valence-corrected chi connectivity index (χ4v) is 3.83. The lowest BCUT2D eigenvalue weighted by molar-refractivity contribution is 0.0663. The number of ether oxygens (including phenoxy) is 1. The van der Waals surface area contributed by atoms with Crippen LogP contribution >= 0.6 is 11.6 Å². The first-order valence-corrected chi connectivity index (χ1v) is 9.58. The fraction of sp³-hybridized carbons (Fsp3) is 0.273. The maximum atomic E-state index is 13.4. The van der Waals surface area contributed by atoms with Gasteiger partial charge in [0, 0.05) is 18.7 Å². The predicted molar refractivity (Wildman–Crippen MR) is 108 cm³/mol. The molecule has 0 radical (unpaired) electrons. The van der Waals surface area contributed by atoms with E-state index < -0.39 is 6.04 Å². The largest absolute Gasteiger partial charge is 0.450 e. The Labute approximate surface area is 167 Å². The minimum atomic E-state index is -0.527. The summed E-state index contributed by atoms with van der Waals surface area (Å²) >= 11 is 6.03. The molecule has 0 fully saturated rings. The van der Waals surface area contributed by atoms with Crippen molar-refractivity contribution < 1.29 is 13.9 Å². The molecule has 1 amide bonds. The molecule has 1 aliphatic heterocycles. The quantitative estimate of drug-likeness (QED) is 0.647. The average molecular weight is 398 g/mol. The molecule has 2 aromatic carbocycles. The van der Waals surface area contributed by atoms with Crippen LogP contribution in [0, 0.1) is 0 Å². The Morgan fingerprint density at radius 3 is 2.57 bits per heavy atom. The van der Waals surface area contributed by atoms with Gasteiger partial charge in [-0.1, -0.05) is 36.7 Å². The molecule has 0 N–H and O–H groups in total. The number of carbonyl (C=O) groups is 1. The Morgan fingerprint density at radius 1 is 1.14 bits per heavy atom. The van der Waals surface area contributed by atoms with Gasteiger partial charge >= 0.3 is 0 Å². The lowest BCUT2D eigenvalue weighted by Gasteiger charge is -2.24. The monoisotopic (exact) mass is 397 g/mol. The van der Waals surface area contributed by atoms with Gasteiger partial charge < -0.3 is 14.1 Å². The van der Waals surface area contributed by atoms with E-state index in [0.717, 1.165) is 17.5 Å². The first-order chi connectivity index (χ1) is 13.5. The Hall–Kier alpha value is -2.63. The zero-order valence-electron chi connectivity index (χ0n) is 15.7. The second-order valence-corrected chi connectivity index (χ2v) is 7.24. The van der Waals surface area contributed by atoms with Gasteiger partial charge in [-0.05, 0) is 41.8 Å². The van der Waals surface area contributed by atoms with Crippen molar-refractivity contribution >= 4 is 28.5 Å². The second kappa shape index (κ2) is 7.41. The van der Waals surface area contributed by atoms with Crippen LogP contribution in [0.3, 0.4) is 0 Å². The third-order valence-corrected chi connectivity index (χ3v) is 5.41. The summed E-state index contributed by atoms with van der Waals surface area (Å²) < 4.78 is 11.1. The highest BCUT2D eigenvalue weighted by molar-refractivity contribution is 6.30. The molecule has 1 aliphatic rings. The number of halogens is 1. The molecule has 0 aliphatic carbocycles. The second-order valence-electron chi connectivity index (χ2n) is 6.80. The number of fused-ring (bicyclic) bond motifs is 2. The number of benzene rings is 2. The third kappa shape index (κ3) is 3.01. The topological polar surface area (TPSA) is 59.8 Å². The molecule has 2 heterocycles. The zero-order valence-corrected chi connectivity index (χ0v) is 16.5. The lowest BCUT2D eigenvalue weighted by atomic mass is 9.98. The van der Waals surface area contributed by atoms with E-state index >= 15 is 0 Å². The van der Waals surface area contributed by atoms with Gasteiger partial charge in [-0.3, -0.25) is 9.59 Å². The van der Waals surface area contributed by atoms with Crippen LogP contribution in [0.25, 0.3) is 11.0 Å². The minimum absolute atomic E-state index is 0.109. The standard InChI is InChI=1S/C22H20ClNO4/c1-3-13-4-9-17-16(12-13)20(25)18-19(14-5-7-15(23)8-6-14)24(10-11-27-2)22(26)21(18)28-17/h4-9,12,19H,3,10-11H2,1-2H3. The smallest absolute Gasteiger partial charge is 0.290 e. The van der Waals surface area contributed by atoms with Gasteiger partial charge in [-0.15, -0.1) is 0 Å². The van der Waals surface area contributed by atoms with Crippen molar-refractivity contribution in [1.29, 1.82) is 0 Å². The summed E-state index contributed by atoms with van der Waals surface area (Å²) in [6, 6.07) is 12.2. The summed E-state index contributed by atoms with van der Waals surface area (Å²) in [7, 11) is 1.58. The zero-order chi connectivity index (χ0) is 19.8. The fourth-order valence-electron chi connectivity index (χ4n) is 3.70. The van der Waals surface area contributed by atoms with E-state index in [9.17, 15) is 9.59 Å². The maximum absolute atomic E-state index is 13.4. The molecule has 0 spiro atoms. The molecule has 0 bridgehead atoms. The van der Waals surface area contributed by atoms with Crippen LogP contribution in [0.4, 0.5) is 0 Å². The number of nitrogens with zero attached hydrogens (tertiary/aromatic N) is 1. The number of hydrogen-bond acceptors (Lipinski definition) is 4. The van der Waals surface area contributed by atoms with E-state index in [2.05, 4.69) is 0 Å². The minimum Gasteiger partial charge on any atom is -0.450 e. The molecule has 144 valence electrons. The molecular weight excluding hydrogens is 378 g/mol. The molecular formula is C22H20ClNO4. The van der Waals surface area contributed by atoms with Crippen LogP contribution in [0.5, 0.6) is 0 Å². The number of methoxy groups -OCH3 is 1. The molecule has 1 atom stereocenters. The number of carbonyl (C=O) groups excluding carboxylic acids is 1. The molecule has 3 aromatic rings. The first kappa shape index (κ1) is 18.7. The molecule has 0 saturated carbocycles. The summed E-state index contributed by atoms with van der Waals surface area (Å²) in [6.07, 6.45) is 0.811. The summed E-state index contributed by atoms with van der Waals surface area (Å²) in [5.74, 6) is -0.191. The molecule has 28 heavy (non-hydrogen) atoms. The maximum Gasteiger partial charge on any atom is 0.290 e. The van der Waals surface area contributed by atoms with Crippen molar-refractivity contribution in [3.8, 4) is 0 Å². The van der Waals surface area contributed by atoms with Crippen molar-refractivity contribution in [3.05, 3.63) is 80.2 Å². The van der Waals surface area contributed by atoms with E-state index in [1.807, 2.05) is 31.2 Å². The van der Waals surface area contributed by atoms with Crippen molar-refractivity contribution in [3.63, 3.8) is 0 Å². The van der Waals surface area contributed by atoms with Crippen LogP contribution in [0.2, 0.25) is 5.02 Å². The lowest BCUT2D eigenvalue weighted by Crippen LogP contribution is -2.32. The van der Waals surface area contributed by atoms with Gasteiger partial charge in [-0.25, -0.2) is 0 Å². The highest BCUT2D eigenvalue weighted by atomic mass is 35.5. The number of aryl methyl sites for hydroxylation is 1. The highest BCUT2D eigenvalue weighted by Crippen LogP contribution is 2.38. The van der Waals surface area contributed by atoms with Crippen LogP contribution in [-0.2, 0) is 11.2 Å². The van der Waals surface area contributed by atoms with Crippen LogP contribution in [-0.4, -0.2) is 31.1 Å². The van der Waals surface area contributed by atoms with Crippen LogP contribution in [0.15, 0.2) is 51.7 Å². The van der Waals surface area contributed by atoms with Crippen molar-refractivity contribution in [2.24, 2.45) is 0 Å². The van der Waals surface area contributed by atoms with E-state index in [1.54, 1.807) is 30.2 Å². The van der Waals surface area contributed by atoms with Crippen molar-refractivity contribution in [1.82, 2.24) is 4.90 Å². The Morgan fingerprint density at radius 2 is 1.89 bits per heavy atom. The number of amides is 1. The van der Waals surface area contributed by atoms with Crippen molar-refractivity contribution in [2.75, 3.05) is 20.3 Å². The Bertz CT molecular complexity index is 1100. The third-order valence-electron chi connectivity index (χ3n) is 5.16. The van der Waals surface area contributed by atoms with Crippen LogP contribution in [0.1, 0.15) is 40.2 Å². The van der Waals surface area contributed by atoms with Gasteiger partial charge in [0.25, 0.3) is 5.91 Å². The summed E-state index contributed by atoms with van der Waals surface area (Å²) in [5.41, 5.74) is 2.50. The first-order valence-electron chi connectivity index (χ1n) is 9.20. The van der Waals surface area contributed by atoms with Crippen LogP contribution < -0.4 is 5.43 Å². The number of hydrogen-bond donors (Lipinski definition) is 0. The normalized spacial score (nSPS) is 16.0. The van der Waals surface area contributed by atoms with Crippen molar-refractivity contribution in [2.45, 2.75) is 19.4 Å². The summed E-state index contributed by atoms with van der Waals surface area (Å²) in [6.45, 7) is 2.74. The van der Waals surface area contributed by atoms with E-state index in [-0.39, 0.29) is 17.1 Å². The SMILES string of the molecule is CCc1ccc2oc3c(c(=O)c2c1)C(c1ccc(Cl)cc1)N(CCOC)C3=O. The molecule has 0 saturated heterocycles.